The van der Waals surface area contributed by atoms with E-state index in [4.69, 9.17) is 21.1 Å². The molecule has 1 heterocycles. The number of hydrogen-bond acceptors (Lipinski definition) is 5. The van der Waals surface area contributed by atoms with Crippen molar-refractivity contribution >= 4 is 28.6 Å². The number of benzene rings is 1. The summed E-state index contributed by atoms with van der Waals surface area (Å²) in [6.07, 6.45) is 0. The third-order valence-corrected chi connectivity index (χ3v) is 4.35. The second kappa shape index (κ2) is 6.33. The van der Waals surface area contributed by atoms with Crippen molar-refractivity contribution in [3.05, 3.63) is 32.7 Å². The molecule has 20 heavy (non-hydrogen) atoms. The molecule has 0 aliphatic carbocycles. The minimum Gasteiger partial charge on any atom is -0.495 e. The van der Waals surface area contributed by atoms with Gasteiger partial charge in [0.1, 0.15) is 16.5 Å². The summed E-state index contributed by atoms with van der Waals surface area (Å²) in [5, 5.41) is 4.87. The summed E-state index contributed by atoms with van der Waals surface area (Å²) in [6, 6.07) is 3.57. The lowest BCUT2D eigenvalue weighted by Gasteiger charge is -2.13. The van der Waals surface area contributed by atoms with Crippen LogP contribution >= 0.6 is 22.9 Å². The average molecular weight is 313 g/mol. The Morgan fingerprint density at radius 1 is 1.20 bits per heavy atom. The Hall–Kier alpha value is -1.46. The first-order valence-electron chi connectivity index (χ1n) is 6.13. The molecular weight excluding hydrogens is 296 g/mol. The van der Waals surface area contributed by atoms with Gasteiger partial charge in [0.2, 0.25) is 0 Å². The van der Waals surface area contributed by atoms with Gasteiger partial charge in [-0.1, -0.05) is 11.6 Å². The molecule has 0 atom stereocenters. The van der Waals surface area contributed by atoms with E-state index in [1.54, 1.807) is 31.6 Å². The SMILES string of the molecule is COc1cc(NCc2nc(C)c(C)s2)c(OC)cc1Cl. The quantitative estimate of drug-likeness (QED) is 0.904. The van der Waals surface area contributed by atoms with Crippen LogP contribution < -0.4 is 14.8 Å². The molecule has 6 heteroatoms. The maximum absolute atomic E-state index is 6.08. The summed E-state index contributed by atoms with van der Waals surface area (Å²) in [4.78, 5) is 5.74. The highest BCUT2D eigenvalue weighted by atomic mass is 35.5. The standard InChI is InChI=1S/C14H17ClN2O2S/c1-8-9(2)20-14(17-8)7-16-11-6-12(18-3)10(15)5-13(11)19-4/h5-6,16H,7H2,1-4H3. The van der Waals surface area contributed by atoms with E-state index < -0.39 is 0 Å². The highest BCUT2D eigenvalue weighted by Gasteiger charge is 2.11. The predicted octanol–water partition coefficient (Wildman–Crippen LogP) is 4.04. The van der Waals surface area contributed by atoms with Crippen LogP contribution in [0.25, 0.3) is 0 Å². The highest BCUT2D eigenvalue weighted by molar-refractivity contribution is 7.11. The van der Waals surface area contributed by atoms with E-state index in [-0.39, 0.29) is 0 Å². The van der Waals surface area contributed by atoms with Crippen molar-refractivity contribution in [2.24, 2.45) is 0 Å². The second-order valence-corrected chi connectivity index (χ2v) is 5.98. The molecule has 1 aromatic heterocycles. The summed E-state index contributed by atoms with van der Waals surface area (Å²) in [5.41, 5.74) is 1.91. The molecule has 0 saturated heterocycles. The lowest BCUT2D eigenvalue weighted by molar-refractivity contribution is 0.404. The molecule has 0 radical (unpaired) electrons. The van der Waals surface area contributed by atoms with Crippen LogP contribution in [0.15, 0.2) is 12.1 Å². The number of nitrogens with one attached hydrogen (secondary N) is 1. The van der Waals surface area contributed by atoms with Crippen LogP contribution in [0, 0.1) is 13.8 Å². The van der Waals surface area contributed by atoms with E-state index in [2.05, 4.69) is 17.2 Å². The number of thiazole rings is 1. The van der Waals surface area contributed by atoms with E-state index in [0.29, 0.717) is 23.1 Å². The molecule has 0 fully saturated rings. The van der Waals surface area contributed by atoms with E-state index in [1.165, 1.54) is 4.88 Å². The Labute approximate surface area is 127 Å². The number of methoxy groups -OCH3 is 2. The van der Waals surface area contributed by atoms with E-state index >= 15 is 0 Å². The fourth-order valence-electron chi connectivity index (χ4n) is 1.78. The molecule has 1 N–H and O–H groups in total. The van der Waals surface area contributed by atoms with Gasteiger partial charge in [0, 0.05) is 17.0 Å². The molecule has 0 aliphatic rings. The first-order valence-corrected chi connectivity index (χ1v) is 7.33. The lowest BCUT2D eigenvalue weighted by atomic mass is 10.2. The van der Waals surface area contributed by atoms with Crippen molar-refractivity contribution in [1.29, 1.82) is 0 Å². The summed E-state index contributed by atoms with van der Waals surface area (Å²) < 4.78 is 10.5. The number of anilines is 1. The highest BCUT2D eigenvalue weighted by Crippen LogP contribution is 2.36. The van der Waals surface area contributed by atoms with Crippen molar-refractivity contribution in [1.82, 2.24) is 4.98 Å². The first-order chi connectivity index (χ1) is 9.55. The maximum Gasteiger partial charge on any atom is 0.143 e. The molecule has 0 spiro atoms. The molecule has 108 valence electrons. The van der Waals surface area contributed by atoms with Crippen LogP contribution in [-0.2, 0) is 6.54 Å². The van der Waals surface area contributed by atoms with Crippen LogP contribution in [0.1, 0.15) is 15.6 Å². The number of hydrogen-bond donors (Lipinski definition) is 1. The second-order valence-electron chi connectivity index (χ2n) is 4.29. The Bertz CT molecular complexity index is 594. The summed E-state index contributed by atoms with van der Waals surface area (Å²) in [6.45, 7) is 4.73. The third kappa shape index (κ3) is 3.16. The normalized spacial score (nSPS) is 10.4. The van der Waals surface area contributed by atoms with Gasteiger partial charge in [-0.3, -0.25) is 0 Å². The van der Waals surface area contributed by atoms with Crippen molar-refractivity contribution in [3.8, 4) is 11.5 Å². The van der Waals surface area contributed by atoms with Crippen molar-refractivity contribution in [3.63, 3.8) is 0 Å². The van der Waals surface area contributed by atoms with Gasteiger partial charge in [-0.05, 0) is 13.8 Å². The van der Waals surface area contributed by atoms with Crippen molar-refractivity contribution in [2.75, 3.05) is 19.5 Å². The molecule has 1 aromatic carbocycles. The Morgan fingerprint density at radius 3 is 2.45 bits per heavy atom. The van der Waals surface area contributed by atoms with Gasteiger partial charge < -0.3 is 14.8 Å². The minimum atomic E-state index is 0.524. The van der Waals surface area contributed by atoms with Crippen LogP contribution in [-0.4, -0.2) is 19.2 Å². The lowest BCUT2D eigenvalue weighted by Crippen LogP contribution is -2.02. The molecular formula is C14H17ClN2O2S. The van der Waals surface area contributed by atoms with E-state index in [9.17, 15) is 0 Å². The number of aromatic nitrogens is 1. The smallest absolute Gasteiger partial charge is 0.143 e. The Morgan fingerprint density at radius 2 is 1.90 bits per heavy atom. The van der Waals surface area contributed by atoms with E-state index in [1.807, 2.05) is 13.0 Å². The van der Waals surface area contributed by atoms with Crippen molar-refractivity contribution in [2.45, 2.75) is 20.4 Å². The zero-order chi connectivity index (χ0) is 14.7. The molecule has 2 rings (SSSR count). The number of nitrogens with zero attached hydrogens (tertiary/aromatic N) is 1. The van der Waals surface area contributed by atoms with Crippen LogP contribution in [0.3, 0.4) is 0 Å². The van der Waals surface area contributed by atoms with E-state index in [0.717, 1.165) is 16.4 Å². The van der Waals surface area contributed by atoms with Crippen LogP contribution in [0.5, 0.6) is 11.5 Å². The first kappa shape index (κ1) is 14.9. The summed E-state index contributed by atoms with van der Waals surface area (Å²) in [5.74, 6) is 1.29. The molecule has 0 bridgehead atoms. The number of rotatable bonds is 5. The van der Waals surface area contributed by atoms with Gasteiger partial charge >= 0.3 is 0 Å². The fourth-order valence-corrected chi connectivity index (χ4v) is 2.89. The number of ether oxygens (including phenoxy) is 2. The average Bonchev–Trinajstić information content (AvgIpc) is 2.76. The maximum atomic E-state index is 6.08. The topological polar surface area (TPSA) is 43.4 Å². The molecule has 0 amide bonds. The molecule has 0 aliphatic heterocycles. The third-order valence-electron chi connectivity index (χ3n) is 2.98. The number of aryl methyl sites for hydroxylation is 2. The van der Waals surface area contributed by atoms with Gasteiger partial charge in [-0.2, -0.15) is 0 Å². The largest absolute Gasteiger partial charge is 0.495 e. The fraction of sp³-hybridized carbons (Fsp3) is 0.357. The van der Waals surface area contributed by atoms with Gasteiger partial charge in [0.15, 0.2) is 0 Å². The van der Waals surface area contributed by atoms with Gasteiger partial charge in [-0.25, -0.2) is 4.98 Å². The van der Waals surface area contributed by atoms with Gasteiger partial charge in [0.05, 0.1) is 37.2 Å². The monoisotopic (exact) mass is 312 g/mol. The Balaban J connectivity index is 2.19. The predicted molar refractivity (Wildman–Crippen MR) is 83.5 cm³/mol. The summed E-state index contributed by atoms with van der Waals surface area (Å²) >= 11 is 7.77. The molecule has 4 nitrogen and oxygen atoms in total. The molecule has 0 saturated carbocycles. The van der Waals surface area contributed by atoms with Gasteiger partial charge in [0.25, 0.3) is 0 Å². The zero-order valence-electron chi connectivity index (χ0n) is 11.9. The Kier molecular flexibility index (Phi) is 4.73. The summed E-state index contributed by atoms with van der Waals surface area (Å²) in [7, 11) is 3.20. The molecule has 2 aromatic rings. The minimum absolute atomic E-state index is 0.524. The zero-order valence-corrected chi connectivity index (χ0v) is 13.5. The molecule has 0 unspecified atom stereocenters. The van der Waals surface area contributed by atoms with Crippen molar-refractivity contribution < 1.29 is 9.47 Å². The van der Waals surface area contributed by atoms with Crippen LogP contribution in [0.4, 0.5) is 5.69 Å². The van der Waals surface area contributed by atoms with Crippen LogP contribution in [0.2, 0.25) is 5.02 Å². The van der Waals surface area contributed by atoms with Gasteiger partial charge in [-0.15, -0.1) is 11.3 Å². The number of halogens is 1.